The topological polar surface area (TPSA) is 75.4 Å². The average Bonchev–Trinajstić information content (AvgIpc) is 3.10. The Balaban J connectivity index is 1.53. The normalized spacial score (nSPS) is 11.9. The lowest BCUT2D eigenvalue weighted by Gasteiger charge is -2.10. The smallest absolute Gasteiger partial charge is 0.223 e. The van der Waals surface area contributed by atoms with Gasteiger partial charge in [-0.15, -0.1) is 0 Å². The first-order chi connectivity index (χ1) is 12.1. The molecule has 5 nitrogen and oxygen atoms in total. The first-order valence-corrected chi connectivity index (χ1v) is 7.82. The predicted molar refractivity (Wildman–Crippen MR) is 89.8 cm³/mol. The summed E-state index contributed by atoms with van der Waals surface area (Å²) in [7, 11) is 0. The summed E-state index contributed by atoms with van der Waals surface area (Å²) in [5.74, 6) is 0.151. The van der Waals surface area contributed by atoms with Gasteiger partial charge in [0.1, 0.15) is 5.82 Å². The Morgan fingerprint density at radius 1 is 1.20 bits per heavy atom. The molecule has 1 heterocycles. The third-order valence-electron chi connectivity index (χ3n) is 3.66. The standard InChI is InChI=1S/C19H17FN2O3/c20-15-8-4-7-14(9-15)16(23)10-18(24)21-12-19-22-11-17(25-19)13-5-2-1-3-6-13/h1-9,11,16,23H,10,12H2,(H,21,24). The Hall–Kier alpha value is -2.99. The number of nitrogens with one attached hydrogen (secondary N) is 1. The highest BCUT2D eigenvalue weighted by Gasteiger charge is 2.14. The molecule has 3 aromatic rings. The van der Waals surface area contributed by atoms with Crippen LogP contribution in [0, 0.1) is 5.82 Å². The van der Waals surface area contributed by atoms with Crippen molar-refractivity contribution in [1.82, 2.24) is 10.3 Å². The summed E-state index contributed by atoms with van der Waals surface area (Å²) in [6.45, 7) is 0.113. The van der Waals surface area contributed by atoms with E-state index in [0.29, 0.717) is 17.2 Å². The van der Waals surface area contributed by atoms with E-state index in [0.717, 1.165) is 5.56 Å². The molecule has 1 unspecified atom stereocenters. The first-order valence-electron chi connectivity index (χ1n) is 7.82. The van der Waals surface area contributed by atoms with E-state index in [9.17, 15) is 14.3 Å². The quantitative estimate of drug-likeness (QED) is 0.722. The third kappa shape index (κ3) is 4.51. The number of rotatable bonds is 6. The van der Waals surface area contributed by atoms with Crippen LogP contribution in [-0.2, 0) is 11.3 Å². The van der Waals surface area contributed by atoms with Crippen LogP contribution in [-0.4, -0.2) is 16.0 Å². The van der Waals surface area contributed by atoms with Crippen molar-refractivity contribution in [2.45, 2.75) is 19.1 Å². The zero-order valence-electron chi connectivity index (χ0n) is 13.4. The molecule has 1 atom stereocenters. The predicted octanol–water partition coefficient (Wildman–Crippen LogP) is 3.22. The minimum absolute atomic E-state index is 0.113. The van der Waals surface area contributed by atoms with E-state index in [4.69, 9.17) is 4.42 Å². The molecule has 0 bridgehead atoms. The lowest BCUT2D eigenvalue weighted by atomic mass is 10.1. The van der Waals surface area contributed by atoms with Crippen LogP contribution in [0.2, 0.25) is 0 Å². The lowest BCUT2D eigenvalue weighted by molar-refractivity contribution is -0.123. The molecule has 0 aliphatic rings. The van der Waals surface area contributed by atoms with Gasteiger partial charge in [-0.1, -0.05) is 42.5 Å². The largest absolute Gasteiger partial charge is 0.439 e. The number of benzene rings is 2. The van der Waals surface area contributed by atoms with E-state index in [-0.39, 0.29) is 18.9 Å². The molecule has 2 aromatic carbocycles. The van der Waals surface area contributed by atoms with Crippen LogP contribution >= 0.6 is 0 Å². The summed E-state index contributed by atoms with van der Waals surface area (Å²) in [4.78, 5) is 16.0. The van der Waals surface area contributed by atoms with Gasteiger partial charge in [0.05, 0.1) is 25.3 Å². The Kier molecular flexibility index (Phi) is 5.20. The SMILES string of the molecule is O=C(CC(O)c1cccc(F)c1)NCc1ncc(-c2ccccc2)o1. The van der Waals surface area contributed by atoms with Gasteiger partial charge in [-0.25, -0.2) is 9.37 Å². The molecule has 128 valence electrons. The molecular weight excluding hydrogens is 323 g/mol. The van der Waals surface area contributed by atoms with Crippen molar-refractivity contribution in [1.29, 1.82) is 0 Å². The molecule has 0 radical (unpaired) electrons. The molecular formula is C19H17FN2O3. The van der Waals surface area contributed by atoms with Crippen molar-refractivity contribution in [3.05, 3.63) is 78.1 Å². The van der Waals surface area contributed by atoms with Crippen LogP contribution in [0.3, 0.4) is 0 Å². The maximum absolute atomic E-state index is 13.1. The highest BCUT2D eigenvalue weighted by Crippen LogP contribution is 2.20. The Bertz CT molecular complexity index is 849. The average molecular weight is 340 g/mol. The van der Waals surface area contributed by atoms with Gasteiger partial charge in [0.25, 0.3) is 0 Å². The molecule has 25 heavy (non-hydrogen) atoms. The Morgan fingerprint density at radius 2 is 2.00 bits per heavy atom. The molecule has 0 fully saturated rings. The molecule has 0 saturated carbocycles. The zero-order chi connectivity index (χ0) is 17.6. The first kappa shape index (κ1) is 16.9. The van der Waals surface area contributed by atoms with Crippen molar-refractivity contribution in [3.63, 3.8) is 0 Å². The number of hydrogen-bond donors (Lipinski definition) is 2. The number of aliphatic hydroxyl groups is 1. The third-order valence-corrected chi connectivity index (χ3v) is 3.66. The molecule has 1 amide bonds. The monoisotopic (exact) mass is 340 g/mol. The highest BCUT2D eigenvalue weighted by molar-refractivity contribution is 5.76. The summed E-state index contributed by atoms with van der Waals surface area (Å²) < 4.78 is 18.7. The molecule has 0 aliphatic heterocycles. The van der Waals surface area contributed by atoms with Gasteiger partial charge in [0.15, 0.2) is 5.76 Å². The zero-order valence-corrected chi connectivity index (χ0v) is 13.4. The van der Waals surface area contributed by atoms with Crippen molar-refractivity contribution in [2.75, 3.05) is 0 Å². The number of hydrogen-bond acceptors (Lipinski definition) is 4. The fourth-order valence-electron chi connectivity index (χ4n) is 2.38. The fraction of sp³-hybridized carbons (Fsp3) is 0.158. The van der Waals surface area contributed by atoms with Gasteiger partial charge in [0, 0.05) is 5.56 Å². The summed E-state index contributed by atoms with van der Waals surface area (Å²) in [5, 5.41) is 12.6. The van der Waals surface area contributed by atoms with Gasteiger partial charge < -0.3 is 14.8 Å². The van der Waals surface area contributed by atoms with Gasteiger partial charge in [-0.2, -0.15) is 0 Å². The highest BCUT2D eigenvalue weighted by atomic mass is 19.1. The van der Waals surface area contributed by atoms with E-state index < -0.39 is 11.9 Å². The molecule has 6 heteroatoms. The number of halogens is 1. The van der Waals surface area contributed by atoms with Crippen molar-refractivity contribution in [2.24, 2.45) is 0 Å². The van der Waals surface area contributed by atoms with E-state index in [1.807, 2.05) is 30.3 Å². The van der Waals surface area contributed by atoms with Crippen molar-refractivity contribution < 1.29 is 18.7 Å². The van der Waals surface area contributed by atoms with Crippen LogP contribution in [0.15, 0.2) is 65.2 Å². The number of aromatic nitrogens is 1. The second kappa shape index (κ2) is 7.72. The second-order valence-corrected chi connectivity index (χ2v) is 5.54. The summed E-state index contributed by atoms with van der Waals surface area (Å²) in [6.07, 6.45) is 0.355. The van der Waals surface area contributed by atoms with Crippen LogP contribution in [0.4, 0.5) is 4.39 Å². The van der Waals surface area contributed by atoms with Crippen LogP contribution in [0.5, 0.6) is 0 Å². The Morgan fingerprint density at radius 3 is 2.76 bits per heavy atom. The van der Waals surface area contributed by atoms with Gasteiger partial charge in [0.2, 0.25) is 11.8 Å². The van der Waals surface area contributed by atoms with E-state index in [2.05, 4.69) is 10.3 Å². The molecule has 3 rings (SSSR count). The fourth-order valence-corrected chi connectivity index (χ4v) is 2.38. The summed E-state index contributed by atoms with van der Waals surface area (Å²) in [5.41, 5.74) is 1.26. The molecule has 1 aromatic heterocycles. The maximum Gasteiger partial charge on any atom is 0.223 e. The second-order valence-electron chi connectivity index (χ2n) is 5.54. The summed E-state index contributed by atoms with van der Waals surface area (Å²) in [6, 6.07) is 15.0. The Labute approximate surface area is 144 Å². The van der Waals surface area contributed by atoms with E-state index in [1.54, 1.807) is 12.3 Å². The number of aliphatic hydroxyl groups excluding tert-OH is 1. The molecule has 0 saturated heterocycles. The number of oxazole rings is 1. The van der Waals surface area contributed by atoms with Crippen molar-refractivity contribution >= 4 is 5.91 Å². The summed E-state index contributed by atoms with van der Waals surface area (Å²) >= 11 is 0. The van der Waals surface area contributed by atoms with Crippen LogP contribution in [0.25, 0.3) is 11.3 Å². The maximum atomic E-state index is 13.1. The van der Waals surface area contributed by atoms with Crippen LogP contribution < -0.4 is 5.32 Å². The number of carbonyl (C=O) groups excluding carboxylic acids is 1. The van der Waals surface area contributed by atoms with E-state index in [1.165, 1.54) is 18.2 Å². The van der Waals surface area contributed by atoms with Gasteiger partial charge in [-0.3, -0.25) is 4.79 Å². The molecule has 0 spiro atoms. The number of amides is 1. The minimum atomic E-state index is -1.07. The van der Waals surface area contributed by atoms with Gasteiger partial charge in [-0.05, 0) is 17.7 Å². The molecule has 2 N–H and O–H groups in total. The van der Waals surface area contributed by atoms with Crippen molar-refractivity contribution in [3.8, 4) is 11.3 Å². The number of carbonyl (C=O) groups is 1. The van der Waals surface area contributed by atoms with Gasteiger partial charge >= 0.3 is 0 Å². The minimum Gasteiger partial charge on any atom is -0.439 e. The molecule has 0 aliphatic carbocycles. The lowest BCUT2D eigenvalue weighted by Crippen LogP contribution is -2.24. The van der Waals surface area contributed by atoms with E-state index >= 15 is 0 Å². The number of nitrogens with zero attached hydrogens (tertiary/aromatic N) is 1. The van der Waals surface area contributed by atoms with Crippen LogP contribution in [0.1, 0.15) is 24.0 Å².